The third-order valence-electron chi connectivity index (χ3n) is 3.75. The Morgan fingerprint density at radius 2 is 2.18 bits per heavy atom. The van der Waals surface area contributed by atoms with Crippen LogP contribution in [-0.2, 0) is 11.2 Å². The van der Waals surface area contributed by atoms with E-state index in [1.165, 1.54) is 23.7 Å². The zero-order valence-electron chi connectivity index (χ0n) is 14.4. The molecule has 4 aromatic rings. The van der Waals surface area contributed by atoms with Gasteiger partial charge < -0.3 is 5.32 Å². The average molecular weight is 438 g/mol. The van der Waals surface area contributed by atoms with Crippen molar-refractivity contribution in [1.82, 2.24) is 19.5 Å². The van der Waals surface area contributed by atoms with Gasteiger partial charge in [0.05, 0.1) is 27.6 Å². The molecular weight excluding hydrogens is 424 g/mol. The highest BCUT2D eigenvalue weighted by Crippen LogP contribution is 2.33. The highest BCUT2D eigenvalue weighted by molar-refractivity contribution is 7.20. The van der Waals surface area contributed by atoms with Gasteiger partial charge in [-0.1, -0.05) is 17.4 Å². The highest BCUT2D eigenvalue weighted by Gasteiger charge is 2.19. The maximum atomic E-state index is 13.1. The monoisotopic (exact) mass is 437 g/mol. The molecule has 0 fully saturated rings. The van der Waals surface area contributed by atoms with Crippen LogP contribution in [0.2, 0.25) is 0 Å². The Labute approximate surface area is 170 Å². The van der Waals surface area contributed by atoms with E-state index in [-0.39, 0.29) is 18.2 Å². The van der Waals surface area contributed by atoms with Gasteiger partial charge in [0.1, 0.15) is 5.01 Å². The van der Waals surface area contributed by atoms with Gasteiger partial charge in [0, 0.05) is 17.8 Å². The number of nitrogens with one attached hydrogen (secondary N) is 1. The second-order valence-corrected chi connectivity index (χ2v) is 8.52. The van der Waals surface area contributed by atoms with E-state index in [0.29, 0.717) is 21.4 Å². The lowest BCUT2D eigenvalue weighted by Crippen LogP contribution is -2.14. The van der Waals surface area contributed by atoms with Gasteiger partial charge in [0.2, 0.25) is 5.91 Å². The smallest absolute Gasteiger partial charge is 0.302 e. The molecule has 0 spiro atoms. The van der Waals surface area contributed by atoms with Crippen LogP contribution in [0.3, 0.4) is 0 Å². The summed E-state index contributed by atoms with van der Waals surface area (Å²) in [6.07, 6.45) is 2.64. The molecule has 144 valence electrons. The largest absolute Gasteiger partial charge is 0.320 e. The van der Waals surface area contributed by atoms with Crippen LogP contribution in [0.4, 0.5) is 13.9 Å². The minimum atomic E-state index is -2.70. The number of hydrogen-bond donors (Lipinski definition) is 1. The summed E-state index contributed by atoms with van der Waals surface area (Å²) in [6, 6.07) is 3.94. The first kappa shape index (κ1) is 18.8. The molecule has 0 radical (unpaired) electrons. The quantitative estimate of drug-likeness (QED) is 0.457. The fourth-order valence-corrected chi connectivity index (χ4v) is 5.15. The van der Waals surface area contributed by atoms with Gasteiger partial charge in [-0.05, 0) is 18.4 Å². The molecule has 0 saturated carbocycles. The molecule has 6 nitrogen and oxygen atoms in total. The zero-order chi connectivity index (χ0) is 19.7. The first-order chi connectivity index (χ1) is 13.5. The number of rotatable bonds is 6. The number of carbonyl (C=O) groups excluding carboxylic acids is 1. The van der Waals surface area contributed by atoms with E-state index >= 15 is 0 Å². The fourth-order valence-electron chi connectivity index (χ4n) is 2.53. The lowest BCUT2D eigenvalue weighted by molar-refractivity contribution is -0.115. The van der Waals surface area contributed by atoms with Crippen LogP contribution in [0.5, 0.6) is 0 Å². The number of aryl methyl sites for hydroxylation is 1. The van der Waals surface area contributed by atoms with Crippen LogP contribution < -0.4 is 5.32 Å². The van der Waals surface area contributed by atoms with Gasteiger partial charge in [0.15, 0.2) is 11.0 Å². The van der Waals surface area contributed by atoms with Crippen molar-refractivity contribution in [2.75, 3.05) is 5.32 Å². The summed E-state index contributed by atoms with van der Waals surface area (Å²) in [5, 5.41) is 7.77. The zero-order valence-corrected chi connectivity index (χ0v) is 16.9. The van der Waals surface area contributed by atoms with Crippen molar-refractivity contribution in [3.05, 3.63) is 46.7 Å². The number of anilines is 1. The molecule has 28 heavy (non-hydrogen) atoms. The highest BCUT2D eigenvalue weighted by atomic mass is 32.1. The van der Waals surface area contributed by atoms with E-state index in [1.54, 1.807) is 18.3 Å². The number of alkyl halides is 2. The summed E-state index contributed by atoms with van der Waals surface area (Å²) in [5.74, 6) is -0.133. The third-order valence-corrected chi connectivity index (χ3v) is 6.75. The molecule has 0 aromatic carbocycles. The second-order valence-electron chi connectivity index (χ2n) is 5.72. The lowest BCUT2D eigenvalue weighted by Gasteiger charge is -2.04. The number of amides is 1. The molecule has 0 unspecified atom stereocenters. The van der Waals surface area contributed by atoms with Crippen LogP contribution in [0.25, 0.3) is 20.6 Å². The summed E-state index contributed by atoms with van der Waals surface area (Å²) in [7, 11) is 0. The minimum Gasteiger partial charge on any atom is -0.302 e. The molecule has 0 saturated heterocycles. The van der Waals surface area contributed by atoms with Crippen molar-refractivity contribution in [3.8, 4) is 20.6 Å². The van der Waals surface area contributed by atoms with Crippen molar-refractivity contribution in [2.45, 2.75) is 19.9 Å². The number of thiophene rings is 1. The normalized spacial score (nSPS) is 11.3. The Hall–Kier alpha value is -2.50. The summed E-state index contributed by atoms with van der Waals surface area (Å²) in [6.45, 7) is -1.00. The SMILES string of the molecule is Cc1nc(NC(=O)Cc2csc(-c3cccs3)n2)sc1-c1nccn1C(F)F. The van der Waals surface area contributed by atoms with Crippen LogP contribution in [-0.4, -0.2) is 25.4 Å². The summed E-state index contributed by atoms with van der Waals surface area (Å²) in [4.78, 5) is 26.6. The number of carbonyl (C=O) groups is 1. The van der Waals surface area contributed by atoms with Crippen LogP contribution in [0.1, 0.15) is 17.9 Å². The lowest BCUT2D eigenvalue weighted by atomic mass is 10.3. The molecular formula is C17H13F2N5OS3. The molecule has 4 aromatic heterocycles. The topological polar surface area (TPSA) is 72.7 Å². The Bertz CT molecular complexity index is 1100. The fraction of sp³-hybridized carbons (Fsp3) is 0.176. The molecule has 0 aliphatic rings. The molecule has 4 rings (SSSR count). The van der Waals surface area contributed by atoms with Crippen LogP contribution in [0.15, 0.2) is 35.3 Å². The standard InChI is InChI=1S/C17H13F2N5OS3/c1-9-13(14-20-4-5-24(14)16(18)19)28-17(21-9)23-12(25)7-10-8-27-15(22-10)11-3-2-6-26-11/h2-6,8,16H,7H2,1H3,(H,21,23,25). The molecule has 0 aliphatic carbocycles. The summed E-state index contributed by atoms with van der Waals surface area (Å²) >= 11 is 4.20. The first-order valence-corrected chi connectivity index (χ1v) is 10.7. The molecule has 0 atom stereocenters. The van der Waals surface area contributed by atoms with Gasteiger partial charge in [-0.25, -0.2) is 15.0 Å². The molecule has 1 N–H and O–H groups in total. The van der Waals surface area contributed by atoms with Crippen LogP contribution >= 0.6 is 34.0 Å². The number of thiazole rings is 2. The van der Waals surface area contributed by atoms with E-state index in [0.717, 1.165) is 25.8 Å². The molecule has 11 heteroatoms. The average Bonchev–Trinajstić information content (AvgIpc) is 3.41. The van der Waals surface area contributed by atoms with E-state index < -0.39 is 6.55 Å². The minimum absolute atomic E-state index is 0.113. The van der Waals surface area contributed by atoms with E-state index in [1.807, 2.05) is 22.9 Å². The first-order valence-electron chi connectivity index (χ1n) is 8.08. The van der Waals surface area contributed by atoms with Crippen LogP contribution in [0, 0.1) is 6.92 Å². The maximum absolute atomic E-state index is 13.1. The van der Waals surface area contributed by atoms with Crippen molar-refractivity contribution in [3.63, 3.8) is 0 Å². The summed E-state index contributed by atoms with van der Waals surface area (Å²) in [5.41, 5.74) is 1.20. The number of nitrogens with zero attached hydrogens (tertiary/aromatic N) is 4. The number of aromatic nitrogens is 4. The van der Waals surface area contributed by atoms with Crippen molar-refractivity contribution >= 4 is 45.0 Å². The maximum Gasteiger partial charge on any atom is 0.320 e. The van der Waals surface area contributed by atoms with E-state index in [9.17, 15) is 13.6 Å². The second kappa shape index (κ2) is 7.86. The predicted molar refractivity (Wildman–Crippen MR) is 107 cm³/mol. The van der Waals surface area contributed by atoms with E-state index in [2.05, 4.69) is 20.3 Å². The molecule has 1 amide bonds. The van der Waals surface area contributed by atoms with Crippen molar-refractivity contribution in [1.29, 1.82) is 0 Å². The Kier molecular flexibility index (Phi) is 5.29. The summed E-state index contributed by atoms with van der Waals surface area (Å²) < 4.78 is 26.9. The van der Waals surface area contributed by atoms with E-state index in [4.69, 9.17) is 0 Å². The Morgan fingerprint density at radius 1 is 1.32 bits per heavy atom. The number of halogens is 2. The van der Waals surface area contributed by atoms with Gasteiger partial charge in [-0.15, -0.1) is 22.7 Å². The Morgan fingerprint density at radius 3 is 2.93 bits per heavy atom. The van der Waals surface area contributed by atoms with Crippen molar-refractivity contribution in [2.24, 2.45) is 0 Å². The van der Waals surface area contributed by atoms with Gasteiger partial charge in [-0.2, -0.15) is 8.78 Å². The van der Waals surface area contributed by atoms with Gasteiger partial charge in [0.25, 0.3) is 0 Å². The Balaban J connectivity index is 1.46. The molecule has 4 heterocycles. The van der Waals surface area contributed by atoms with Gasteiger partial charge >= 0.3 is 6.55 Å². The number of hydrogen-bond acceptors (Lipinski definition) is 7. The predicted octanol–water partition coefficient (Wildman–Crippen LogP) is 5.08. The number of imidazole rings is 1. The van der Waals surface area contributed by atoms with Crippen molar-refractivity contribution < 1.29 is 13.6 Å². The molecule has 0 bridgehead atoms. The van der Waals surface area contributed by atoms with Gasteiger partial charge in [-0.3, -0.25) is 9.36 Å². The third kappa shape index (κ3) is 3.86. The molecule has 0 aliphatic heterocycles.